The van der Waals surface area contributed by atoms with Gasteiger partial charge in [0.25, 0.3) is 0 Å². The van der Waals surface area contributed by atoms with E-state index >= 15 is 0 Å². The van der Waals surface area contributed by atoms with Crippen LogP contribution in [0.4, 0.5) is 0 Å². The summed E-state index contributed by atoms with van der Waals surface area (Å²) in [6.07, 6.45) is 1.94. The first-order chi connectivity index (χ1) is 11.5. The van der Waals surface area contributed by atoms with Crippen molar-refractivity contribution in [3.63, 3.8) is 0 Å². The number of hydrogen-bond donors (Lipinski definition) is 2. The average molecular weight is 465 g/mol. The highest BCUT2D eigenvalue weighted by Crippen LogP contribution is 2.13. The minimum atomic E-state index is 0. The van der Waals surface area contributed by atoms with Crippen molar-refractivity contribution in [3.05, 3.63) is 11.6 Å². The van der Waals surface area contributed by atoms with Crippen molar-refractivity contribution in [2.24, 2.45) is 4.99 Å². The predicted octanol–water partition coefficient (Wildman–Crippen LogP) is 0.863. The van der Waals surface area contributed by atoms with Crippen LogP contribution in [0.3, 0.4) is 0 Å². The average Bonchev–Trinajstić information content (AvgIpc) is 2.95. The van der Waals surface area contributed by atoms with E-state index in [4.69, 9.17) is 4.74 Å². The molecule has 0 saturated heterocycles. The van der Waals surface area contributed by atoms with E-state index in [2.05, 4.69) is 51.5 Å². The Bertz CT molecular complexity index is 547. The summed E-state index contributed by atoms with van der Waals surface area (Å²) in [5.41, 5.74) is 0. The molecule has 1 aliphatic rings. The Hall–Kier alpha value is -0.940. The normalized spacial score (nSPS) is 17.4. The Morgan fingerprint density at radius 1 is 1.48 bits per heavy atom. The van der Waals surface area contributed by atoms with Crippen LogP contribution in [0.2, 0.25) is 0 Å². The Morgan fingerprint density at radius 3 is 2.88 bits per heavy atom. The number of hydrogen-bond acceptors (Lipinski definition) is 5. The molecule has 144 valence electrons. The van der Waals surface area contributed by atoms with Crippen molar-refractivity contribution in [1.29, 1.82) is 0 Å². The Morgan fingerprint density at radius 2 is 2.24 bits per heavy atom. The van der Waals surface area contributed by atoms with Gasteiger partial charge in [0.05, 0.1) is 6.54 Å². The molecule has 1 aromatic rings. The monoisotopic (exact) mass is 465 g/mol. The number of guanidine groups is 1. The number of nitrogens with zero attached hydrogens (tertiary/aromatic N) is 5. The molecule has 1 aromatic heterocycles. The van der Waals surface area contributed by atoms with Gasteiger partial charge >= 0.3 is 0 Å². The van der Waals surface area contributed by atoms with Gasteiger partial charge in [-0.15, -0.1) is 24.0 Å². The van der Waals surface area contributed by atoms with Gasteiger partial charge in [-0.2, -0.15) is 5.10 Å². The minimum absolute atomic E-state index is 0. The van der Waals surface area contributed by atoms with Gasteiger partial charge in [0.15, 0.2) is 11.8 Å². The van der Waals surface area contributed by atoms with Crippen LogP contribution in [0.5, 0.6) is 0 Å². The predicted molar refractivity (Wildman–Crippen MR) is 111 cm³/mol. The molecule has 1 atom stereocenters. The summed E-state index contributed by atoms with van der Waals surface area (Å²) in [4.78, 5) is 11.1. The zero-order valence-electron chi connectivity index (χ0n) is 15.9. The number of nitrogens with one attached hydrogen (secondary N) is 2. The number of aliphatic imine (C=N–C) groups is 1. The first kappa shape index (κ1) is 22.1. The fraction of sp³-hybridized carbons (Fsp3) is 0.812. The fourth-order valence-corrected chi connectivity index (χ4v) is 2.67. The van der Waals surface area contributed by atoms with Crippen molar-refractivity contribution < 1.29 is 4.74 Å². The molecular weight excluding hydrogens is 433 g/mol. The van der Waals surface area contributed by atoms with Crippen LogP contribution < -0.4 is 10.6 Å². The van der Waals surface area contributed by atoms with Gasteiger partial charge < -0.3 is 20.3 Å². The largest absolute Gasteiger partial charge is 0.377 e. The van der Waals surface area contributed by atoms with Crippen molar-refractivity contribution in [2.75, 3.05) is 34.3 Å². The molecule has 0 bridgehead atoms. The van der Waals surface area contributed by atoms with E-state index in [1.54, 1.807) is 7.11 Å². The highest BCUT2D eigenvalue weighted by Gasteiger charge is 2.22. The molecule has 2 heterocycles. The van der Waals surface area contributed by atoms with Gasteiger partial charge in [0.2, 0.25) is 0 Å². The SMILES string of the molecule is CN=C(NCCN(C)C(C)C)NC1CCc2nc(COC)nn2C1.I. The van der Waals surface area contributed by atoms with E-state index in [9.17, 15) is 0 Å². The highest BCUT2D eigenvalue weighted by molar-refractivity contribution is 14.0. The zero-order valence-corrected chi connectivity index (χ0v) is 18.3. The molecule has 0 amide bonds. The van der Waals surface area contributed by atoms with Crippen molar-refractivity contribution in [2.45, 2.75) is 51.9 Å². The van der Waals surface area contributed by atoms with Crippen LogP contribution in [0.1, 0.15) is 31.9 Å². The van der Waals surface area contributed by atoms with E-state index in [1.165, 1.54) is 0 Å². The third-order valence-electron chi connectivity index (χ3n) is 4.38. The Labute approximate surface area is 167 Å². The molecule has 2 N–H and O–H groups in total. The van der Waals surface area contributed by atoms with Crippen molar-refractivity contribution in [3.8, 4) is 0 Å². The molecule has 0 fully saturated rings. The topological polar surface area (TPSA) is 79.6 Å². The summed E-state index contributed by atoms with van der Waals surface area (Å²) < 4.78 is 7.09. The molecule has 0 aromatic carbocycles. The number of aryl methyl sites for hydroxylation is 1. The van der Waals surface area contributed by atoms with Crippen molar-refractivity contribution >= 4 is 29.9 Å². The van der Waals surface area contributed by atoms with Crippen LogP contribution in [-0.4, -0.2) is 72.0 Å². The number of rotatable bonds is 7. The molecule has 0 spiro atoms. The molecule has 25 heavy (non-hydrogen) atoms. The number of methoxy groups -OCH3 is 1. The lowest BCUT2D eigenvalue weighted by Crippen LogP contribution is -2.48. The van der Waals surface area contributed by atoms with E-state index < -0.39 is 0 Å². The standard InChI is InChI=1S/C16H31N7O.HI/c1-12(2)22(4)9-8-18-16(17-3)19-13-6-7-15-20-14(11-24-5)21-23(15)10-13;/h12-13H,6-11H2,1-5H3,(H2,17,18,19);1H. The van der Waals surface area contributed by atoms with Crippen LogP contribution in [0, 0.1) is 0 Å². The summed E-state index contributed by atoms with van der Waals surface area (Å²) in [5.74, 6) is 2.65. The number of halogens is 1. The maximum atomic E-state index is 5.11. The lowest BCUT2D eigenvalue weighted by molar-refractivity contribution is 0.177. The molecular formula is C16H32IN7O. The zero-order chi connectivity index (χ0) is 17.5. The van der Waals surface area contributed by atoms with Gasteiger partial charge in [0.1, 0.15) is 12.4 Å². The first-order valence-corrected chi connectivity index (χ1v) is 8.62. The maximum Gasteiger partial charge on any atom is 0.191 e. The number of aromatic nitrogens is 3. The molecule has 9 heteroatoms. The second-order valence-electron chi connectivity index (χ2n) is 6.51. The molecule has 0 saturated carbocycles. The Balaban J connectivity index is 0.00000312. The van der Waals surface area contributed by atoms with E-state index in [1.807, 2.05) is 11.7 Å². The molecule has 0 aliphatic carbocycles. The van der Waals surface area contributed by atoms with Crippen LogP contribution in [0.25, 0.3) is 0 Å². The van der Waals surface area contributed by atoms with Gasteiger partial charge in [-0.3, -0.25) is 4.99 Å². The first-order valence-electron chi connectivity index (χ1n) is 8.62. The maximum absolute atomic E-state index is 5.11. The van der Waals surface area contributed by atoms with E-state index in [0.29, 0.717) is 18.7 Å². The lowest BCUT2D eigenvalue weighted by Gasteiger charge is -2.26. The molecule has 1 unspecified atom stereocenters. The van der Waals surface area contributed by atoms with Crippen LogP contribution in [0.15, 0.2) is 4.99 Å². The van der Waals surface area contributed by atoms with Gasteiger partial charge in [-0.05, 0) is 27.3 Å². The second kappa shape index (κ2) is 10.9. The van der Waals surface area contributed by atoms with Gasteiger partial charge in [-0.1, -0.05) is 0 Å². The van der Waals surface area contributed by atoms with E-state index in [0.717, 1.165) is 50.1 Å². The van der Waals surface area contributed by atoms with Crippen LogP contribution in [-0.2, 0) is 24.3 Å². The smallest absolute Gasteiger partial charge is 0.191 e. The summed E-state index contributed by atoms with van der Waals surface area (Å²) in [5, 5.41) is 11.4. The van der Waals surface area contributed by atoms with E-state index in [-0.39, 0.29) is 24.0 Å². The summed E-state index contributed by atoms with van der Waals surface area (Å²) in [7, 11) is 5.60. The second-order valence-corrected chi connectivity index (χ2v) is 6.51. The Kier molecular flexibility index (Phi) is 9.65. The molecule has 1 aliphatic heterocycles. The molecule has 8 nitrogen and oxygen atoms in total. The van der Waals surface area contributed by atoms with Gasteiger partial charge in [0, 0.05) is 45.8 Å². The summed E-state index contributed by atoms with van der Waals surface area (Å²) >= 11 is 0. The number of ether oxygens (including phenoxy) is 1. The minimum Gasteiger partial charge on any atom is -0.377 e. The highest BCUT2D eigenvalue weighted by atomic mass is 127. The summed E-state index contributed by atoms with van der Waals surface area (Å²) in [6, 6.07) is 0.857. The lowest BCUT2D eigenvalue weighted by atomic mass is 10.1. The quantitative estimate of drug-likeness (QED) is 0.354. The van der Waals surface area contributed by atoms with Crippen LogP contribution >= 0.6 is 24.0 Å². The molecule has 2 rings (SSSR count). The molecule has 0 radical (unpaired) electrons. The summed E-state index contributed by atoms with van der Waals surface area (Å²) in [6.45, 7) is 7.51. The third kappa shape index (κ3) is 6.70. The van der Waals surface area contributed by atoms with Gasteiger partial charge in [-0.25, -0.2) is 9.67 Å². The fourth-order valence-electron chi connectivity index (χ4n) is 2.67. The third-order valence-corrected chi connectivity index (χ3v) is 4.38. The van der Waals surface area contributed by atoms with Crippen molar-refractivity contribution in [1.82, 2.24) is 30.3 Å². The number of likely N-dealkylation sites (N-methyl/N-ethyl adjacent to an activating group) is 1. The number of fused-ring (bicyclic) bond motifs is 1.